The van der Waals surface area contributed by atoms with E-state index in [1.54, 1.807) is 24.4 Å². The zero-order valence-corrected chi connectivity index (χ0v) is 13.0. The van der Waals surface area contributed by atoms with Crippen LogP contribution >= 0.6 is 0 Å². The molecule has 0 spiro atoms. The molecule has 5 nitrogen and oxygen atoms in total. The molecule has 2 N–H and O–H groups in total. The summed E-state index contributed by atoms with van der Waals surface area (Å²) in [5.74, 6) is 1.04. The highest BCUT2D eigenvalue weighted by molar-refractivity contribution is 5.40. The van der Waals surface area contributed by atoms with Gasteiger partial charge in [0.15, 0.2) is 0 Å². The van der Waals surface area contributed by atoms with Crippen molar-refractivity contribution in [3.63, 3.8) is 0 Å². The van der Waals surface area contributed by atoms with Crippen molar-refractivity contribution in [2.24, 2.45) is 0 Å². The van der Waals surface area contributed by atoms with Crippen LogP contribution in [0.1, 0.15) is 12.0 Å². The summed E-state index contributed by atoms with van der Waals surface area (Å²) >= 11 is 0. The van der Waals surface area contributed by atoms with Crippen LogP contribution in [0.2, 0.25) is 0 Å². The van der Waals surface area contributed by atoms with Crippen LogP contribution in [-0.2, 0) is 6.54 Å². The molecule has 1 aromatic carbocycles. The third-order valence-electron chi connectivity index (χ3n) is 3.14. The number of halogens is 1. The second-order valence-corrected chi connectivity index (χ2v) is 5.29. The predicted molar refractivity (Wildman–Crippen MR) is 87.4 cm³/mol. The lowest BCUT2D eigenvalue weighted by atomic mass is 10.2. The largest absolute Gasteiger partial charge is 0.366 e. The van der Waals surface area contributed by atoms with Crippen molar-refractivity contribution < 1.29 is 4.39 Å². The third-order valence-corrected chi connectivity index (χ3v) is 3.14. The van der Waals surface area contributed by atoms with E-state index in [1.807, 2.05) is 20.2 Å². The predicted octanol–water partition coefficient (Wildman–Crippen LogP) is 2.59. The molecule has 0 aliphatic heterocycles. The smallest absolute Gasteiger partial charge is 0.224 e. The quantitative estimate of drug-likeness (QED) is 0.734. The highest BCUT2D eigenvalue weighted by Crippen LogP contribution is 2.10. The molecule has 2 aromatic rings. The molecular weight excluding hydrogens is 281 g/mol. The van der Waals surface area contributed by atoms with E-state index in [9.17, 15) is 4.39 Å². The molecule has 0 aliphatic carbocycles. The lowest BCUT2D eigenvalue weighted by Gasteiger charge is -2.11. The van der Waals surface area contributed by atoms with Crippen molar-refractivity contribution >= 4 is 11.8 Å². The zero-order chi connectivity index (χ0) is 15.8. The molecule has 0 amide bonds. The van der Waals surface area contributed by atoms with Crippen molar-refractivity contribution in [3.8, 4) is 0 Å². The Bertz CT molecular complexity index is 588. The van der Waals surface area contributed by atoms with E-state index >= 15 is 0 Å². The number of hydrogen-bond acceptors (Lipinski definition) is 5. The Balaban J connectivity index is 1.85. The van der Waals surface area contributed by atoms with Crippen LogP contribution in [0.25, 0.3) is 0 Å². The third kappa shape index (κ3) is 5.29. The lowest BCUT2D eigenvalue weighted by Crippen LogP contribution is -2.17. The summed E-state index contributed by atoms with van der Waals surface area (Å²) in [7, 11) is 4.09. The number of hydrogen-bond donors (Lipinski definition) is 2. The molecule has 0 aliphatic rings. The van der Waals surface area contributed by atoms with Gasteiger partial charge in [0, 0.05) is 24.8 Å². The number of rotatable bonds is 8. The Labute approximate surface area is 130 Å². The molecule has 0 radical (unpaired) electrons. The number of benzene rings is 1. The van der Waals surface area contributed by atoms with Gasteiger partial charge in [0.1, 0.15) is 11.6 Å². The summed E-state index contributed by atoms with van der Waals surface area (Å²) in [4.78, 5) is 10.7. The first-order valence-corrected chi connectivity index (χ1v) is 7.34. The molecule has 6 heteroatoms. The molecule has 118 valence electrons. The van der Waals surface area contributed by atoms with Crippen LogP contribution in [0.4, 0.5) is 16.2 Å². The Morgan fingerprint density at radius 3 is 2.73 bits per heavy atom. The summed E-state index contributed by atoms with van der Waals surface area (Å²) in [6, 6.07) is 8.47. The van der Waals surface area contributed by atoms with Crippen LogP contribution in [-0.4, -0.2) is 42.1 Å². The van der Waals surface area contributed by atoms with E-state index < -0.39 is 0 Å². The van der Waals surface area contributed by atoms with Gasteiger partial charge in [-0.05, 0) is 39.2 Å². The summed E-state index contributed by atoms with van der Waals surface area (Å²) in [6.07, 6.45) is 2.70. The maximum atomic E-state index is 13.6. The monoisotopic (exact) mass is 303 g/mol. The first kappa shape index (κ1) is 16.2. The Morgan fingerprint density at radius 1 is 1.14 bits per heavy atom. The molecule has 0 saturated carbocycles. The normalized spacial score (nSPS) is 10.7. The molecule has 1 heterocycles. The standard InChI is InChI=1S/C16H22FN5/c1-22(2)11-5-9-18-16-19-10-8-15(21-16)20-12-13-6-3-4-7-14(13)17/h3-4,6-8,10H,5,9,11-12H2,1-2H3,(H2,18,19,20,21). The van der Waals surface area contributed by atoms with Crippen molar-refractivity contribution in [3.05, 3.63) is 47.9 Å². The molecule has 0 fully saturated rings. The Kier molecular flexibility index (Phi) is 6.09. The second-order valence-electron chi connectivity index (χ2n) is 5.29. The maximum Gasteiger partial charge on any atom is 0.224 e. The van der Waals surface area contributed by atoms with Crippen molar-refractivity contribution in [2.45, 2.75) is 13.0 Å². The number of anilines is 2. The van der Waals surface area contributed by atoms with Gasteiger partial charge >= 0.3 is 0 Å². The Hall–Kier alpha value is -2.21. The number of nitrogens with one attached hydrogen (secondary N) is 2. The van der Waals surface area contributed by atoms with Crippen LogP contribution < -0.4 is 10.6 Å². The maximum absolute atomic E-state index is 13.6. The van der Waals surface area contributed by atoms with E-state index in [0.29, 0.717) is 23.9 Å². The van der Waals surface area contributed by atoms with Gasteiger partial charge in [0.2, 0.25) is 5.95 Å². The highest BCUT2D eigenvalue weighted by atomic mass is 19.1. The molecule has 2 rings (SSSR count). The average Bonchev–Trinajstić information content (AvgIpc) is 2.51. The van der Waals surface area contributed by atoms with E-state index in [1.165, 1.54) is 6.07 Å². The first-order valence-electron chi connectivity index (χ1n) is 7.34. The van der Waals surface area contributed by atoms with Gasteiger partial charge in [-0.25, -0.2) is 9.37 Å². The van der Waals surface area contributed by atoms with Crippen LogP contribution in [0.5, 0.6) is 0 Å². The molecule has 0 bridgehead atoms. The van der Waals surface area contributed by atoms with Gasteiger partial charge in [-0.2, -0.15) is 4.98 Å². The second kappa shape index (κ2) is 8.29. The minimum absolute atomic E-state index is 0.217. The van der Waals surface area contributed by atoms with Crippen LogP contribution in [0.3, 0.4) is 0 Å². The Morgan fingerprint density at radius 2 is 1.95 bits per heavy atom. The molecule has 22 heavy (non-hydrogen) atoms. The van der Waals surface area contributed by atoms with Crippen molar-refractivity contribution in [1.82, 2.24) is 14.9 Å². The number of aromatic nitrogens is 2. The van der Waals surface area contributed by atoms with Crippen molar-refractivity contribution in [1.29, 1.82) is 0 Å². The highest BCUT2D eigenvalue weighted by Gasteiger charge is 2.02. The van der Waals surface area contributed by atoms with Gasteiger partial charge < -0.3 is 15.5 Å². The van der Waals surface area contributed by atoms with Gasteiger partial charge in [-0.3, -0.25) is 0 Å². The topological polar surface area (TPSA) is 53.1 Å². The van der Waals surface area contributed by atoms with E-state index in [-0.39, 0.29) is 5.82 Å². The first-order chi connectivity index (χ1) is 10.6. The average molecular weight is 303 g/mol. The van der Waals surface area contributed by atoms with Crippen LogP contribution in [0.15, 0.2) is 36.5 Å². The van der Waals surface area contributed by atoms with E-state index in [2.05, 4.69) is 25.5 Å². The lowest BCUT2D eigenvalue weighted by molar-refractivity contribution is 0.405. The van der Waals surface area contributed by atoms with Crippen molar-refractivity contribution in [2.75, 3.05) is 37.8 Å². The zero-order valence-electron chi connectivity index (χ0n) is 13.0. The van der Waals surface area contributed by atoms with Gasteiger partial charge in [-0.1, -0.05) is 18.2 Å². The van der Waals surface area contributed by atoms with E-state index in [0.717, 1.165) is 19.5 Å². The fraction of sp³-hybridized carbons (Fsp3) is 0.375. The molecule has 1 aromatic heterocycles. The molecule has 0 atom stereocenters. The molecule has 0 unspecified atom stereocenters. The van der Waals surface area contributed by atoms with Gasteiger partial charge in [-0.15, -0.1) is 0 Å². The fourth-order valence-corrected chi connectivity index (χ4v) is 1.97. The number of nitrogens with zero attached hydrogens (tertiary/aromatic N) is 3. The molecule has 0 saturated heterocycles. The summed E-state index contributed by atoms with van der Waals surface area (Å²) < 4.78 is 13.6. The van der Waals surface area contributed by atoms with Gasteiger partial charge in [0.05, 0.1) is 0 Å². The summed E-state index contributed by atoms with van der Waals surface area (Å²) in [5.41, 5.74) is 0.613. The van der Waals surface area contributed by atoms with Gasteiger partial charge in [0.25, 0.3) is 0 Å². The van der Waals surface area contributed by atoms with Crippen LogP contribution in [0, 0.1) is 5.82 Å². The minimum Gasteiger partial charge on any atom is -0.366 e. The fourth-order valence-electron chi connectivity index (χ4n) is 1.97. The van der Waals surface area contributed by atoms with E-state index in [4.69, 9.17) is 0 Å². The summed E-state index contributed by atoms with van der Waals surface area (Å²) in [6.45, 7) is 2.22. The SMILES string of the molecule is CN(C)CCCNc1nccc(NCc2ccccc2F)n1. The minimum atomic E-state index is -0.217. The summed E-state index contributed by atoms with van der Waals surface area (Å²) in [5, 5.41) is 6.30. The molecular formula is C16H22FN5.